The van der Waals surface area contributed by atoms with Gasteiger partial charge in [-0.3, -0.25) is 0 Å². The summed E-state index contributed by atoms with van der Waals surface area (Å²) in [7, 11) is 0. The van der Waals surface area contributed by atoms with E-state index in [0.717, 1.165) is 37.1 Å². The lowest BCUT2D eigenvalue weighted by Gasteiger charge is -2.20. The minimum atomic E-state index is -0.144. The molecule has 1 N–H and O–H groups in total. The van der Waals surface area contributed by atoms with E-state index in [4.69, 9.17) is 4.74 Å². The zero-order valence-corrected chi connectivity index (χ0v) is 11.9. The van der Waals surface area contributed by atoms with E-state index in [-0.39, 0.29) is 11.9 Å². The Labute approximate surface area is 115 Å². The third-order valence-corrected chi connectivity index (χ3v) is 3.72. The zero-order valence-electron chi connectivity index (χ0n) is 11.9. The highest BCUT2D eigenvalue weighted by Crippen LogP contribution is 2.25. The van der Waals surface area contributed by atoms with Crippen LogP contribution in [0.1, 0.15) is 49.8 Å². The van der Waals surface area contributed by atoms with Gasteiger partial charge in [-0.1, -0.05) is 13.0 Å². The standard InChI is InChI=1S/C16H24FNO/c1-3-18-16(7-6-15-5-4-8-19-15)13-9-12(2)10-14(17)11-13/h9-11,15-16,18H,3-8H2,1-2H3. The molecule has 3 heteroatoms. The van der Waals surface area contributed by atoms with E-state index < -0.39 is 0 Å². The summed E-state index contributed by atoms with van der Waals surface area (Å²) >= 11 is 0. The Bertz CT molecular complexity index is 381. The molecular weight excluding hydrogens is 241 g/mol. The Morgan fingerprint density at radius 3 is 2.89 bits per heavy atom. The molecule has 19 heavy (non-hydrogen) atoms. The Morgan fingerprint density at radius 1 is 1.42 bits per heavy atom. The largest absolute Gasteiger partial charge is 0.378 e. The van der Waals surface area contributed by atoms with Crippen LogP contribution in [0.3, 0.4) is 0 Å². The summed E-state index contributed by atoms with van der Waals surface area (Å²) in [6.07, 6.45) is 4.79. The summed E-state index contributed by atoms with van der Waals surface area (Å²) in [4.78, 5) is 0. The van der Waals surface area contributed by atoms with Crippen LogP contribution in [0, 0.1) is 12.7 Å². The number of hydrogen-bond donors (Lipinski definition) is 1. The molecule has 0 saturated carbocycles. The van der Waals surface area contributed by atoms with E-state index in [1.807, 2.05) is 6.92 Å². The molecule has 1 fully saturated rings. The van der Waals surface area contributed by atoms with Gasteiger partial charge in [-0.05, 0) is 62.4 Å². The van der Waals surface area contributed by atoms with Crippen molar-refractivity contribution >= 4 is 0 Å². The van der Waals surface area contributed by atoms with Crippen molar-refractivity contribution in [3.63, 3.8) is 0 Å². The molecule has 2 rings (SSSR count). The van der Waals surface area contributed by atoms with Crippen molar-refractivity contribution in [3.8, 4) is 0 Å². The van der Waals surface area contributed by atoms with Crippen molar-refractivity contribution in [1.29, 1.82) is 0 Å². The van der Waals surface area contributed by atoms with Crippen molar-refractivity contribution in [2.45, 2.75) is 51.7 Å². The number of ether oxygens (including phenoxy) is 1. The molecule has 1 aromatic carbocycles. The monoisotopic (exact) mass is 265 g/mol. The van der Waals surface area contributed by atoms with E-state index in [1.165, 1.54) is 12.8 Å². The van der Waals surface area contributed by atoms with Crippen molar-refractivity contribution in [2.75, 3.05) is 13.2 Å². The number of aryl methyl sites for hydroxylation is 1. The molecule has 0 aliphatic carbocycles. The second-order valence-electron chi connectivity index (χ2n) is 5.38. The van der Waals surface area contributed by atoms with Crippen molar-refractivity contribution in [3.05, 3.63) is 35.1 Å². The molecule has 0 aromatic heterocycles. The van der Waals surface area contributed by atoms with Crippen LogP contribution < -0.4 is 5.32 Å². The predicted molar refractivity (Wildman–Crippen MR) is 75.8 cm³/mol. The second-order valence-corrected chi connectivity index (χ2v) is 5.38. The van der Waals surface area contributed by atoms with Gasteiger partial charge in [0.05, 0.1) is 6.10 Å². The first-order valence-corrected chi connectivity index (χ1v) is 7.31. The molecule has 106 valence electrons. The average Bonchev–Trinajstić information content (AvgIpc) is 2.86. The minimum Gasteiger partial charge on any atom is -0.378 e. The van der Waals surface area contributed by atoms with Crippen molar-refractivity contribution in [1.82, 2.24) is 5.32 Å². The highest BCUT2D eigenvalue weighted by molar-refractivity contribution is 5.26. The fourth-order valence-corrected chi connectivity index (χ4v) is 2.82. The van der Waals surface area contributed by atoms with Gasteiger partial charge in [-0.25, -0.2) is 4.39 Å². The smallest absolute Gasteiger partial charge is 0.123 e. The lowest BCUT2D eigenvalue weighted by Crippen LogP contribution is -2.22. The van der Waals surface area contributed by atoms with Crippen LogP contribution in [0.25, 0.3) is 0 Å². The van der Waals surface area contributed by atoms with Crippen LogP contribution in [-0.4, -0.2) is 19.3 Å². The van der Waals surface area contributed by atoms with Crippen LogP contribution >= 0.6 is 0 Å². The molecule has 2 atom stereocenters. The quantitative estimate of drug-likeness (QED) is 0.846. The number of rotatable bonds is 6. The first-order chi connectivity index (χ1) is 9.19. The maximum absolute atomic E-state index is 13.5. The highest BCUT2D eigenvalue weighted by Gasteiger charge is 2.19. The topological polar surface area (TPSA) is 21.3 Å². The van der Waals surface area contributed by atoms with Crippen LogP contribution in [0.15, 0.2) is 18.2 Å². The number of hydrogen-bond acceptors (Lipinski definition) is 2. The van der Waals surface area contributed by atoms with Gasteiger partial charge >= 0.3 is 0 Å². The molecule has 1 saturated heterocycles. The summed E-state index contributed by atoms with van der Waals surface area (Å²) < 4.78 is 19.2. The highest BCUT2D eigenvalue weighted by atomic mass is 19.1. The van der Waals surface area contributed by atoms with Crippen LogP contribution in [-0.2, 0) is 4.74 Å². The van der Waals surface area contributed by atoms with Crippen LogP contribution in [0.4, 0.5) is 4.39 Å². The van der Waals surface area contributed by atoms with E-state index in [9.17, 15) is 4.39 Å². The molecule has 2 nitrogen and oxygen atoms in total. The average molecular weight is 265 g/mol. The van der Waals surface area contributed by atoms with Gasteiger partial charge in [-0.15, -0.1) is 0 Å². The third-order valence-electron chi connectivity index (χ3n) is 3.72. The predicted octanol–water partition coefficient (Wildman–Crippen LogP) is 3.74. The fraction of sp³-hybridized carbons (Fsp3) is 0.625. The molecule has 1 heterocycles. The van der Waals surface area contributed by atoms with Gasteiger partial charge in [0.2, 0.25) is 0 Å². The second kappa shape index (κ2) is 7.01. The van der Waals surface area contributed by atoms with E-state index >= 15 is 0 Å². The molecule has 0 radical (unpaired) electrons. The van der Waals surface area contributed by atoms with Gasteiger partial charge < -0.3 is 10.1 Å². The number of nitrogens with one attached hydrogen (secondary N) is 1. The van der Waals surface area contributed by atoms with E-state index in [1.54, 1.807) is 12.1 Å². The fourth-order valence-electron chi connectivity index (χ4n) is 2.82. The first-order valence-electron chi connectivity index (χ1n) is 7.31. The summed E-state index contributed by atoms with van der Waals surface area (Å²) in [5.74, 6) is -0.144. The molecule has 1 aromatic rings. The van der Waals surface area contributed by atoms with Gasteiger partial charge in [0.1, 0.15) is 5.82 Å². The van der Waals surface area contributed by atoms with E-state index in [2.05, 4.69) is 18.3 Å². The molecular formula is C16H24FNO. The van der Waals surface area contributed by atoms with Crippen LogP contribution in [0.2, 0.25) is 0 Å². The molecule has 1 aliphatic rings. The maximum atomic E-state index is 13.5. The third kappa shape index (κ3) is 4.29. The number of benzene rings is 1. The Balaban J connectivity index is 2.00. The first kappa shape index (κ1) is 14.5. The lowest BCUT2D eigenvalue weighted by atomic mass is 9.97. The summed E-state index contributed by atoms with van der Waals surface area (Å²) in [6.45, 7) is 5.82. The normalized spacial score (nSPS) is 20.7. The summed E-state index contributed by atoms with van der Waals surface area (Å²) in [5, 5.41) is 3.46. The zero-order chi connectivity index (χ0) is 13.7. The van der Waals surface area contributed by atoms with Gasteiger partial charge in [-0.2, -0.15) is 0 Å². The summed E-state index contributed by atoms with van der Waals surface area (Å²) in [5.41, 5.74) is 2.03. The number of halogens is 1. The minimum absolute atomic E-state index is 0.144. The Kier molecular flexibility index (Phi) is 5.34. The van der Waals surface area contributed by atoms with E-state index in [0.29, 0.717) is 6.10 Å². The SMILES string of the molecule is CCNC(CCC1CCCO1)c1cc(C)cc(F)c1. The van der Waals surface area contributed by atoms with Gasteiger partial charge in [0, 0.05) is 12.6 Å². The Hall–Kier alpha value is -0.930. The Morgan fingerprint density at radius 2 is 2.26 bits per heavy atom. The lowest BCUT2D eigenvalue weighted by molar-refractivity contribution is 0.0996. The van der Waals surface area contributed by atoms with Crippen molar-refractivity contribution < 1.29 is 9.13 Å². The van der Waals surface area contributed by atoms with Crippen LogP contribution in [0.5, 0.6) is 0 Å². The van der Waals surface area contributed by atoms with Gasteiger partial charge in [0.15, 0.2) is 0 Å². The van der Waals surface area contributed by atoms with Crippen molar-refractivity contribution in [2.24, 2.45) is 0 Å². The molecule has 2 unspecified atom stereocenters. The van der Waals surface area contributed by atoms with Gasteiger partial charge in [0.25, 0.3) is 0 Å². The maximum Gasteiger partial charge on any atom is 0.123 e. The molecule has 0 amide bonds. The molecule has 1 aliphatic heterocycles. The summed E-state index contributed by atoms with van der Waals surface area (Å²) in [6, 6.07) is 5.53. The molecule has 0 spiro atoms. The molecule has 0 bridgehead atoms.